The Kier molecular flexibility index (Phi) is 4.53. The average molecular weight is 317 g/mol. The molecule has 2 aliphatic heterocycles. The van der Waals surface area contributed by atoms with E-state index in [-0.39, 0.29) is 11.9 Å². The fourth-order valence-electron chi connectivity index (χ4n) is 3.66. The summed E-state index contributed by atoms with van der Waals surface area (Å²) >= 11 is 0. The molecule has 6 heteroatoms. The summed E-state index contributed by atoms with van der Waals surface area (Å²) in [5, 5.41) is 0. The van der Waals surface area contributed by atoms with Crippen LogP contribution >= 0.6 is 0 Å². The van der Waals surface area contributed by atoms with Crippen molar-refractivity contribution in [3.05, 3.63) is 17.1 Å². The molecule has 0 saturated carbocycles. The minimum Gasteiger partial charge on any atom is -0.362 e. The number of carbonyl (C=O) groups is 1. The molecule has 0 spiro atoms. The SMILES string of the molecule is CC(=O)N1CCCC[C@@H]1c1nc2c(c(N(C)C)n1)CCN(C)C2. The fourth-order valence-corrected chi connectivity index (χ4v) is 3.66. The zero-order chi connectivity index (χ0) is 16.6. The van der Waals surface area contributed by atoms with Crippen molar-refractivity contribution in [1.29, 1.82) is 0 Å². The van der Waals surface area contributed by atoms with Gasteiger partial charge in [0.15, 0.2) is 5.82 Å². The Morgan fingerprint density at radius 2 is 2.00 bits per heavy atom. The number of piperidine rings is 1. The van der Waals surface area contributed by atoms with Crippen molar-refractivity contribution in [2.75, 3.05) is 39.1 Å². The van der Waals surface area contributed by atoms with Crippen LogP contribution in [0, 0.1) is 0 Å². The van der Waals surface area contributed by atoms with Crippen molar-refractivity contribution in [2.45, 2.75) is 45.2 Å². The van der Waals surface area contributed by atoms with Crippen molar-refractivity contribution in [3.8, 4) is 0 Å². The lowest BCUT2D eigenvalue weighted by atomic mass is 10.00. The minimum absolute atomic E-state index is 0.0254. The maximum Gasteiger partial charge on any atom is 0.220 e. The van der Waals surface area contributed by atoms with Gasteiger partial charge in [-0.2, -0.15) is 0 Å². The zero-order valence-corrected chi connectivity index (χ0v) is 14.7. The highest BCUT2D eigenvalue weighted by Crippen LogP contribution is 2.32. The summed E-state index contributed by atoms with van der Waals surface area (Å²) in [7, 11) is 6.20. The molecule has 0 aliphatic carbocycles. The summed E-state index contributed by atoms with van der Waals surface area (Å²) in [5.74, 6) is 1.96. The van der Waals surface area contributed by atoms with Crippen molar-refractivity contribution in [3.63, 3.8) is 0 Å². The normalized spacial score (nSPS) is 21.9. The van der Waals surface area contributed by atoms with Gasteiger partial charge in [-0.3, -0.25) is 4.79 Å². The molecule has 3 rings (SSSR count). The number of nitrogens with zero attached hydrogens (tertiary/aromatic N) is 5. The molecule has 1 saturated heterocycles. The topological polar surface area (TPSA) is 52.6 Å². The molecule has 0 unspecified atom stereocenters. The van der Waals surface area contributed by atoms with Gasteiger partial charge >= 0.3 is 0 Å². The summed E-state index contributed by atoms with van der Waals surface area (Å²) < 4.78 is 0. The van der Waals surface area contributed by atoms with E-state index in [1.54, 1.807) is 6.92 Å². The molecule has 126 valence electrons. The minimum atomic E-state index is 0.0254. The summed E-state index contributed by atoms with van der Waals surface area (Å²) in [6, 6.07) is 0.0254. The van der Waals surface area contributed by atoms with E-state index in [0.717, 1.165) is 62.7 Å². The lowest BCUT2D eigenvalue weighted by molar-refractivity contribution is -0.132. The number of rotatable bonds is 2. The first-order valence-corrected chi connectivity index (χ1v) is 8.50. The second-order valence-corrected chi connectivity index (χ2v) is 6.94. The van der Waals surface area contributed by atoms with Gasteiger partial charge in [0.25, 0.3) is 0 Å². The van der Waals surface area contributed by atoms with Crippen LogP contribution in [0.3, 0.4) is 0 Å². The molecule has 6 nitrogen and oxygen atoms in total. The fraction of sp³-hybridized carbons (Fsp3) is 0.706. The van der Waals surface area contributed by atoms with E-state index < -0.39 is 0 Å². The second-order valence-electron chi connectivity index (χ2n) is 6.94. The lowest BCUT2D eigenvalue weighted by Gasteiger charge is -2.35. The van der Waals surface area contributed by atoms with Gasteiger partial charge in [-0.1, -0.05) is 0 Å². The molecule has 1 fully saturated rings. The highest BCUT2D eigenvalue weighted by Gasteiger charge is 2.30. The number of fused-ring (bicyclic) bond motifs is 1. The highest BCUT2D eigenvalue weighted by molar-refractivity contribution is 5.73. The molecule has 1 aromatic rings. The highest BCUT2D eigenvalue weighted by atomic mass is 16.2. The number of carbonyl (C=O) groups excluding carboxylic acids is 1. The lowest BCUT2D eigenvalue weighted by Crippen LogP contribution is -2.39. The molecule has 0 bridgehead atoms. The Labute approximate surface area is 138 Å². The third-order valence-corrected chi connectivity index (χ3v) is 4.88. The Morgan fingerprint density at radius 1 is 1.22 bits per heavy atom. The molecule has 1 atom stereocenters. The van der Waals surface area contributed by atoms with Crippen molar-refractivity contribution in [2.24, 2.45) is 0 Å². The molecular formula is C17H27N5O. The second kappa shape index (κ2) is 6.43. The molecule has 1 amide bonds. The number of anilines is 1. The first kappa shape index (κ1) is 16.2. The van der Waals surface area contributed by atoms with Gasteiger partial charge in [-0.15, -0.1) is 0 Å². The number of likely N-dealkylation sites (N-methyl/N-ethyl adjacent to an activating group) is 1. The third-order valence-electron chi connectivity index (χ3n) is 4.88. The Balaban J connectivity index is 2.03. The summed E-state index contributed by atoms with van der Waals surface area (Å²) in [6.45, 7) is 4.37. The molecule has 2 aliphatic rings. The van der Waals surface area contributed by atoms with Crippen LogP contribution in [-0.4, -0.2) is 59.9 Å². The number of hydrogen-bond acceptors (Lipinski definition) is 5. The van der Waals surface area contributed by atoms with Crippen LogP contribution in [-0.2, 0) is 17.8 Å². The predicted molar refractivity (Wildman–Crippen MR) is 90.4 cm³/mol. The Bertz CT molecular complexity index is 601. The zero-order valence-electron chi connectivity index (χ0n) is 14.7. The van der Waals surface area contributed by atoms with Crippen LogP contribution < -0.4 is 4.90 Å². The van der Waals surface area contributed by atoms with Gasteiger partial charge in [0.2, 0.25) is 5.91 Å². The van der Waals surface area contributed by atoms with E-state index in [1.165, 1.54) is 5.56 Å². The van der Waals surface area contributed by atoms with Crippen LogP contribution in [0.1, 0.15) is 49.3 Å². The van der Waals surface area contributed by atoms with E-state index in [1.807, 2.05) is 19.0 Å². The molecule has 0 aromatic carbocycles. The quantitative estimate of drug-likeness (QED) is 0.829. The first-order chi connectivity index (χ1) is 11.0. The largest absolute Gasteiger partial charge is 0.362 e. The van der Waals surface area contributed by atoms with Crippen LogP contribution in [0.4, 0.5) is 5.82 Å². The monoisotopic (exact) mass is 317 g/mol. The van der Waals surface area contributed by atoms with Crippen molar-refractivity contribution < 1.29 is 4.79 Å². The molecule has 0 N–H and O–H groups in total. The van der Waals surface area contributed by atoms with E-state index in [9.17, 15) is 4.79 Å². The van der Waals surface area contributed by atoms with Gasteiger partial charge < -0.3 is 14.7 Å². The number of aromatic nitrogens is 2. The first-order valence-electron chi connectivity index (χ1n) is 8.50. The Hall–Kier alpha value is -1.69. The number of likely N-dealkylation sites (tertiary alicyclic amines) is 1. The standard InChI is InChI=1S/C17H27N5O/c1-12(23)22-9-6-5-7-15(22)16-18-14-11-21(4)10-8-13(14)17(19-16)20(2)3/h15H,5-11H2,1-4H3/t15-/m1/s1. The maximum absolute atomic E-state index is 12.0. The molecule has 1 aromatic heterocycles. The van der Waals surface area contributed by atoms with Crippen LogP contribution in [0.15, 0.2) is 0 Å². The molecule has 0 radical (unpaired) electrons. The van der Waals surface area contributed by atoms with Crippen LogP contribution in [0.25, 0.3) is 0 Å². The summed E-state index contributed by atoms with van der Waals surface area (Å²) in [4.78, 5) is 28.1. The van der Waals surface area contributed by atoms with Crippen molar-refractivity contribution >= 4 is 11.7 Å². The van der Waals surface area contributed by atoms with Crippen LogP contribution in [0.5, 0.6) is 0 Å². The van der Waals surface area contributed by atoms with Gasteiger partial charge in [0, 0.05) is 46.2 Å². The number of hydrogen-bond donors (Lipinski definition) is 0. The average Bonchev–Trinajstić information content (AvgIpc) is 2.53. The molecule has 3 heterocycles. The predicted octanol–water partition coefficient (Wildman–Crippen LogP) is 1.60. The van der Waals surface area contributed by atoms with Gasteiger partial charge in [0.05, 0.1) is 11.7 Å². The van der Waals surface area contributed by atoms with E-state index in [0.29, 0.717) is 0 Å². The third kappa shape index (κ3) is 3.17. The van der Waals surface area contributed by atoms with E-state index in [2.05, 4.69) is 16.8 Å². The van der Waals surface area contributed by atoms with Crippen molar-refractivity contribution in [1.82, 2.24) is 19.8 Å². The summed E-state index contributed by atoms with van der Waals surface area (Å²) in [6.07, 6.45) is 4.15. The number of amides is 1. The van der Waals surface area contributed by atoms with Gasteiger partial charge in [-0.05, 0) is 32.7 Å². The van der Waals surface area contributed by atoms with Gasteiger partial charge in [0.1, 0.15) is 5.82 Å². The maximum atomic E-state index is 12.0. The molecular weight excluding hydrogens is 290 g/mol. The molecule has 23 heavy (non-hydrogen) atoms. The van der Waals surface area contributed by atoms with E-state index >= 15 is 0 Å². The van der Waals surface area contributed by atoms with E-state index in [4.69, 9.17) is 9.97 Å². The summed E-state index contributed by atoms with van der Waals surface area (Å²) in [5.41, 5.74) is 2.39. The van der Waals surface area contributed by atoms with Gasteiger partial charge in [-0.25, -0.2) is 9.97 Å². The Morgan fingerprint density at radius 3 is 2.70 bits per heavy atom. The van der Waals surface area contributed by atoms with Crippen LogP contribution in [0.2, 0.25) is 0 Å². The smallest absolute Gasteiger partial charge is 0.220 e.